The Kier molecular flexibility index (Phi) is 5.46. The van der Waals surface area contributed by atoms with Crippen molar-refractivity contribution in [1.29, 1.82) is 0 Å². The summed E-state index contributed by atoms with van der Waals surface area (Å²) in [7, 11) is 0. The molecule has 0 saturated heterocycles. The van der Waals surface area contributed by atoms with E-state index in [-0.39, 0.29) is 11.6 Å². The molecule has 0 N–H and O–H groups in total. The molecule has 6 heteroatoms. The van der Waals surface area contributed by atoms with E-state index in [1.807, 2.05) is 19.1 Å². The normalized spacial score (nSPS) is 14.4. The number of hydrogen-bond acceptors (Lipinski definition) is 5. The van der Waals surface area contributed by atoms with Gasteiger partial charge >= 0.3 is 11.9 Å². The fourth-order valence-electron chi connectivity index (χ4n) is 2.84. The molecule has 0 spiro atoms. The average molecular weight is 418 g/mol. The highest BCUT2D eigenvalue weighted by atomic mass is 35.5. The number of carbonyl (C=O) groups excluding carboxylic acids is 2. The smallest absolute Gasteiger partial charge is 0.363 e. The first-order chi connectivity index (χ1) is 14.5. The molecule has 0 fully saturated rings. The van der Waals surface area contributed by atoms with E-state index in [0.29, 0.717) is 27.5 Å². The van der Waals surface area contributed by atoms with Gasteiger partial charge in [0.25, 0.3) is 0 Å². The third-order valence-electron chi connectivity index (χ3n) is 4.38. The molecule has 1 aliphatic heterocycles. The molecule has 0 saturated carbocycles. The molecule has 30 heavy (non-hydrogen) atoms. The molecule has 3 aromatic rings. The number of nitrogens with zero attached hydrogens (tertiary/aromatic N) is 1. The Labute approximate surface area is 178 Å². The predicted molar refractivity (Wildman–Crippen MR) is 115 cm³/mol. The molecule has 148 valence electrons. The third-order valence-corrected chi connectivity index (χ3v) is 4.71. The lowest BCUT2D eigenvalue weighted by Crippen LogP contribution is -2.08. The van der Waals surface area contributed by atoms with Crippen LogP contribution in [-0.2, 0) is 9.53 Å². The quantitative estimate of drug-likeness (QED) is 0.332. The Bertz CT molecular complexity index is 1200. The fourth-order valence-corrected chi connectivity index (χ4v) is 3.06. The average Bonchev–Trinajstić information content (AvgIpc) is 3.09. The number of benzene rings is 3. The van der Waals surface area contributed by atoms with Gasteiger partial charge in [0.15, 0.2) is 5.70 Å². The molecule has 0 amide bonds. The van der Waals surface area contributed by atoms with Crippen molar-refractivity contribution in [2.45, 2.75) is 6.92 Å². The lowest BCUT2D eigenvalue weighted by Gasteiger charge is -2.05. The maximum Gasteiger partial charge on any atom is 0.363 e. The highest BCUT2D eigenvalue weighted by Crippen LogP contribution is 2.24. The van der Waals surface area contributed by atoms with Crippen LogP contribution in [0.4, 0.5) is 0 Å². The molecule has 0 aromatic heterocycles. The zero-order chi connectivity index (χ0) is 21.1. The van der Waals surface area contributed by atoms with E-state index in [2.05, 4.69) is 4.99 Å². The van der Waals surface area contributed by atoms with Crippen LogP contribution in [0.5, 0.6) is 5.75 Å². The lowest BCUT2D eigenvalue weighted by atomic mass is 10.1. The largest absolute Gasteiger partial charge is 0.423 e. The summed E-state index contributed by atoms with van der Waals surface area (Å²) in [6.07, 6.45) is 1.56. The zero-order valence-corrected chi connectivity index (χ0v) is 16.7. The minimum atomic E-state index is -0.577. The maximum absolute atomic E-state index is 12.3. The van der Waals surface area contributed by atoms with Gasteiger partial charge < -0.3 is 9.47 Å². The minimum Gasteiger partial charge on any atom is -0.423 e. The lowest BCUT2D eigenvalue weighted by molar-refractivity contribution is -0.129. The van der Waals surface area contributed by atoms with Crippen LogP contribution in [0.3, 0.4) is 0 Å². The van der Waals surface area contributed by atoms with Gasteiger partial charge in [0.2, 0.25) is 5.90 Å². The monoisotopic (exact) mass is 417 g/mol. The van der Waals surface area contributed by atoms with Gasteiger partial charge in [0, 0.05) is 0 Å². The van der Waals surface area contributed by atoms with E-state index in [0.717, 1.165) is 5.56 Å². The molecule has 0 bridgehead atoms. The summed E-state index contributed by atoms with van der Waals surface area (Å²) in [4.78, 5) is 28.8. The molecule has 0 aliphatic carbocycles. The molecular formula is C24H16ClNO4. The van der Waals surface area contributed by atoms with Gasteiger partial charge in [-0.25, -0.2) is 14.6 Å². The Morgan fingerprint density at radius 2 is 1.80 bits per heavy atom. The van der Waals surface area contributed by atoms with Crippen molar-refractivity contribution in [3.05, 3.63) is 106 Å². The van der Waals surface area contributed by atoms with E-state index in [1.54, 1.807) is 66.7 Å². The van der Waals surface area contributed by atoms with E-state index in [4.69, 9.17) is 21.1 Å². The number of esters is 2. The summed E-state index contributed by atoms with van der Waals surface area (Å²) >= 11 is 6.15. The van der Waals surface area contributed by atoms with Crippen LogP contribution in [-0.4, -0.2) is 17.8 Å². The highest BCUT2D eigenvalue weighted by Gasteiger charge is 2.25. The molecular weight excluding hydrogens is 402 g/mol. The molecule has 4 rings (SSSR count). The summed E-state index contributed by atoms with van der Waals surface area (Å²) in [5.41, 5.74) is 2.82. The summed E-state index contributed by atoms with van der Waals surface area (Å²) in [6.45, 7) is 1.94. The Morgan fingerprint density at radius 1 is 1.03 bits per heavy atom. The Balaban J connectivity index is 1.56. The van der Waals surface area contributed by atoms with Crippen LogP contribution in [0, 0.1) is 6.92 Å². The van der Waals surface area contributed by atoms with E-state index in [1.165, 1.54) is 0 Å². The second-order valence-electron chi connectivity index (χ2n) is 6.64. The van der Waals surface area contributed by atoms with Crippen LogP contribution in [0.25, 0.3) is 6.08 Å². The van der Waals surface area contributed by atoms with Crippen molar-refractivity contribution in [1.82, 2.24) is 0 Å². The first-order valence-electron chi connectivity index (χ1n) is 9.16. The van der Waals surface area contributed by atoms with Crippen molar-refractivity contribution >= 4 is 35.5 Å². The standard InChI is InChI=1S/C24H16ClNO4/c1-15-9-11-17(12-10-15)23(27)29-18-6-4-5-16(13-18)14-21-24(28)30-22(26-21)19-7-2-3-8-20(19)25/h2-14H,1H3/b21-14-. The predicted octanol–water partition coefficient (Wildman–Crippen LogP) is 5.21. The van der Waals surface area contributed by atoms with Crippen LogP contribution < -0.4 is 4.74 Å². The number of hydrogen-bond donors (Lipinski definition) is 0. The molecule has 3 aromatic carbocycles. The first-order valence-corrected chi connectivity index (χ1v) is 9.54. The number of halogens is 1. The second kappa shape index (κ2) is 8.35. The van der Waals surface area contributed by atoms with Crippen LogP contribution >= 0.6 is 11.6 Å². The SMILES string of the molecule is Cc1ccc(C(=O)Oc2cccc(/C=C3\N=C(c4ccccc4Cl)OC3=O)c2)cc1. The van der Waals surface area contributed by atoms with Gasteiger partial charge in [0.1, 0.15) is 5.75 Å². The fraction of sp³-hybridized carbons (Fsp3) is 0.0417. The number of cyclic esters (lactones) is 1. The third kappa shape index (κ3) is 4.31. The van der Waals surface area contributed by atoms with E-state index >= 15 is 0 Å². The highest BCUT2D eigenvalue weighted by molar-refractivity contribution is 6.34. The Morgan fingerprint density at radius 3 is 2.57 bits per heavy atom. The zero-order valence-electron chi connectivity index (χ0n) is 16.0. The van der Waals surface area contributed by atoms with Gasteiger partial charge in [-0.05, 0) is 55.0 Å². The maximum atomic E-state index is 12.3. The van der Waals surface area contributed by atoms with Crippen LogP contribution in [0.15, 0.2) is 83.5 Å². The molecule has 0 radical (unpaired) electrons. The summed E-state index contributed by atoms with van der Waals surface area (Å²) < 4.78 is 10.7. The number of carbonyl (C=O) groups is 2. The van der Waals surface area contributed by atoms with Gasteiger partial charge in [-0.15, -0.1) is 0 Å². The van der Waals surface area contributed by atoms with Gasteiger partial charge in [0.05, 0.1) is 16.1 Å². The van der Waals surface area contributed by atoms with E-state index < -0.39 is 11.9 Å². The topological polar surface area (TPSA) is 65.0 Å². The molecule has 5 nitrogen and oxygen atoms in total. The number of aliphatic imine (C=N–C) groups is 1. The van der Waals surface area contributed by atoms with Crippen LogP contribution in [0.1, 0.15) is 27.0 Å². The molecule has 0 unspecified atom stereocenters. The number of rotatable bonds is 4. The molecule has 0 atom stereocenters. The molecule has 1 aliphatic rings. The van der Waals surface area contributed by atoms with Crippen LogP contribution in [0.2, 0.25) is 5.02 Å². The van der Waals surface area contributed by atoms with E-state index in [9.17, 15) is 9.59 Å². The van der Waals surface area contributed by atoms with Gasteiger partial charge in [-0.2, -0.15) is 0 Å². The summed E-state index contributed by atoms with van der Waals surface area (Å²) in [5.74, 6) is -0.526. The second-order valence-corrected chi connectivity index (χ2v) is 7.05. The van der Waals surface area contributed by atoms with Crippen molar-refractivity contribution in [2.24, 2.45) is 4.99 Å². The minimum absolute atomic E-state index is 0.131. The van der Waals surface area contributed by atoms with Crippen molar-refractivity contribution in [3.8, 4) is 5.75 Å². The van der Waals surface area contributed by atoms with Crippen molar-refractivity contribution in [3.63, 3.8) is 0 Å². The number of ether oxygens (including phenoxy) is 2. The summed E-state index contributed by atoms with van der Waals surface area (Å²) in [6, 6.07) is 20.9. The Hall–Kier alpha value is -3.70. The number of aryl methyl sites for hydroxylation is 1. The van der Waals surface area contributed by atoms with Gasteiger partial charge in [-0.3, -0.25) is 0 Å². The first kappa shape index (κ1) is 19.6. The summed E-state index contributed by atoms with van der Waals surface area (Å²) in [5, 5.41) is 0.440. The van der Waals surface area contributed by atoms with Crippen molar-refractivity contribution in [2.75, 3.05) is 0 Å². The van der Waals surface area contributed by atoms with Crippen molar-refractivity contribution < 1.29 is 19.1 Å². The van der Waals surface area contributed by atoms with Gasteiger partial charge in [-0.1, -0.05) is 53.6 Å². The molecule has 1 heterocycles.